The van der Waals surface area contributed by atoms with Gasteiger partial charge in [-0.05, 0) is 48.2 Å². The number of nitrogens with two attached hydrogens (primary N) is 1. The SMILES string of the molecule is Cc1cc(OCC2Cc3ccccc32)ccc1C#CCN. The molecule has 1 aliphatic rings. The second-order valence-electron chi connectivity index (χ2n) is 5.39. The highest BCUT2D eigenvalue weighted by molar-refractivity contribution is 5.45. The van der Waals surface area contributed by atoms with Crippen molar-refractivity contribution in [1.29, 1.82) is 0 Å². The Morgan fingerprint density at radius 1 is 1.24 bits per heavy atom. The molecule has 2 aromatic rings. The molecule has 0 amide bonds. The summed E-state index contributed by atoms with van der Waals surface area (Å²) >= 11 is 0. The van der Waals surface area contributed by atoms with Crippen molar-refractivity contribution in [3.63, 3.8) is 0 Å². The first kappa shape index (κ1) is 13.7. The van der Waals surface area contributed by atoms with Crippen LogP contribution in [0.4, 0.5) is 0 Å². The molecule has 0 saturated carbocycles. The molecule has 0 saturated heterocycles. The molecule has 0 aromatic heterocycles. The van der Waals surface area contributed by atoms with Crippen LogP contribution in [0, 0.1) is 18.8 Å². The number of ether oxygens (including phenoxy) is 1. The van der Waals surface area contributed by atoms with Gasteiger partial charge in [-0.2, -0.15) is 0 Å². The van der Waals surface area contributed by atoms with Gasteiger partial charge >= 0.3 is 0 Å². The Bertz CT molecular complexity index is 709. The molecule has 2 aromatic carbocycles. The molecule has 0 aliphatic heterocycles. The van der Waals surface area contributed by atoms with Crippen LogP contribution in [0.5, 0.6) is 5.75 Å². The van der Waals surface area contributed by atoms with E-state index in [1.165, 1.54) is 11.1 Å². The lowest BCUT2D eigenvalue weighted by Gasteiger charge is -2.29. The summed E-state index contributed by atoms with van der Waals surface area (Å²) in [7, 11) is 0. The molecule has 21 heavy (non-hydrogen) atoms. The van der Waals surface area contributed by atoms with Crippen LogP contribution in [0.3, 0.4) is 0 Å². The van der Waals surface area contributed by atoms with E-state index in [1.54, 1.807) is 0 Å². The average Bonchev–Trinajstić information content (AvgIpc) is 2.47. The predicted molar refractivity (Wildman–Crippen MR) is 85.5 cm³/mol. The topological polar surface area (TPSA) is 35.2 Å². The fourth-order valence-electron chi connectivity index (χ4n) is 2.72. The fraction of sp³-hybridized carbons (Fsp3) is 0.263. The third-order valence-corrected chi connectivity index (χ3v) is 3.94. The summed E-state index contributed by atoms with van der Waals surface area (Å²) in [6.45, 7) is 3.18. The van der Waals surface area contributed by atoms with E-state index in [-0.39, 0.29) is 0 Å². The maximum atomic E-state index is 5.93. The van der Waals surface area contributed by atoms with Crippen molar-refractivity contribution in [2.45, 2.75) is 19.3 Å². The molecule has 0 radical (unpaired) electrons. The summed E-state index contributed by atoms with van der Waals surface area (Å²) in [5.74, 6) is 7.39. The highest BCUT2D eigenvalue weighted by atomic mass is 16.5. The van der Waals surface area contributed by atoms with Gasteiger partial charge in [0.1, 0.15) is 5.75 Å². The first-order chi connectivity index (χ1) is 10.3. The zero-order valence-corrected chi connectivity index (χ0v) is 12.2. The molecule has 2 heteroatoms. The van der Waals surface area contributed by atoms with Gasteiger partial charge in [-0.25, -0.2) is 0 Å². The van der Waals surface area contributed by atoms with Crippen molar-refractivity contribution >= 4 is 0 Å². The van der Waals surface area contributed by atoms with Crippen LogP contribution >= 0.6 is 0 Å². The van der Waals surface area contributed by atoms with Crippen molar-refractivity contribution in [1.82, 2.24) is 0 Å². The van der Waals surface area contributed by atoms with Gasteiger partial charge < -0.3 is 10.5 Å². The first-order valence-electron chi connectivity index (χ1n) is 7.28. The fourth-order valence-corrected chi connectivity index (χ4v) is 2.72. The Morgan fingerprint density at radius 3 is 2.86 bits per heavy atom. The monoisotopic (exact) mass is 277 g/mol. The molecular formula is C19H19NO. The Morgan fingerprint density at radius 2 is 2.10 bits per heavy atom. The molecule has 2 nitrogen and oxygen atoms in total. The minimum Gasteiger partial charge on any atom is -0.493 e. The molecule has 0 fully saturated rings. The Balaban J connectivity index is 1.63. The normalized spacial score (nSPS) is 15.4. The summed E-state index contributed by atoms with van der Waals surface area (Å²) in [6.07, 6.45) is 1.12. The Kier molecular flexibility index (Phi) is 3.94. The van der Waals surface area contributed by atoms with Crippen LogP contribution in [0.15, 0.2) is 42.5 Å². The average molecular weight is 277 g/mol. The molecule has 2 N–H and O–H groups in total. The molecule has 0 bridgehead atoms. The van der Waals surface area contributed by atoms with E-state index in [2.05, 4.69) is 36.1 Å². The van der Waals surface area contributed by atoms with Crippen LogP contribution in [0.1, 0.15) is 28.2 Å². The molecule has 1 unspecified atom stereocenters. The zero-order valence-electron chi connectivity index (χ0n) is 12.2. The van der Waals surface area contributed by atoms with Gasteiger partial charge in [0, 0.05) is 11.5 Å². The largest absolute Gasteiger partial charge is 0.493 e. The van der Waals surface area contributed by atoms with E-state index < -0.39 is 0 Å². The van der Waals surface area contributed by atoms with Crippen molar-refractivity contribution in [2.75, 3.05) is 13.2 Å². The standard InChI is InChI=1S/C19H19NO/c1-14-11-18(9-8-15(14)6-4-10-20)21-13-17-12-16-5-2-3-7-19(16)17/h2-3,5,7-9,11,17H,10,12-13,20H2,1H3. The lowest BCUT2D eigenvalue weighted by atomic mass is 9.78. The van der Waals surface area contributed by atoms with Gasteiger partial charge in [0.25, 0.3) is 0 Å². The lowest BCUT2D eigenvalue weighted by Crippen LogP contribution is -2.23. The van der Waals surface area contributed by atoms with Gasteiger partial charge in [0.2, 0.25) is 0 Å². The van der Waals surface area contributed by atoms with E-state index in [4.69, 9.17) is 10.5 Å². The third kappa shape index (κ3) is 2.94. The molecular weight excluding hydrogens is 258 g/mol. The molecule has 1 atom stereocenters. The van der Waals surface area contributed by atoms with Crippen LogP contribution in [-0.4, -0.2) is 13.2 Å². The van der Waals surface area contributed by atoms with Gasteiger partial charge in [-0.3, -0.25) is 0 Å². The summed E-state index contributed by atoms with van der Waals surface area (Å²) in [4.78, 5) is 0. The Labute approximate surface area is 125 Å². The lowest BCUT2D eigenvalue weighted by molar-refractivity contribution is 0.275. The van der Waals surface area contributed by atoms with Crippen LogP contribution in [0.25, 0.3) is 0 Å². The van der Waals surface area contributed by atoms with E-state index in [0.29, 0.717) is 12.5 Å². The predicted octanol–water partition coefficient (Wildman–Crippen LogP) is 3.02. The summed E-state index contributed by atoms with van der Waals surface area (Å²) < 4.78 is 5.93. The molecule has 0 spiro atoms. The number of rotatable bonds is 3. The summed E-state index contributed by atoms with van der Waals surface area (Å²) in [5, 5.41) is 0. The minimum absolute atomic E-state index is 0.388. The highest BCUT2D eigenvalue weighted by Gasteiger charge is 2.25. The number of benzene rings is 2. The van der Waals surface area contributed by atoms with Crippen molar-refractivity contribution in [3.8, 4) is 17.6 Å². The second-order valence-corrected chi connectivity index (χ2v) is 5.39. The van der Waals surface area contributed by atoms with E-state index >= 15 is 0 Å². The van der Waals surface area contributed by atoms with Gasteiger partial charge in [-0.15, -0.1) is 0 Å². The Hall–Kier alpha value is -2.24. The van der Waals surface area contributed by atoms with E-state index in [1.807, 2.05) is 25.1 Å². The van der Waals surface area contributed by atoms with E-state index in [0.717, 1.165) is 29.9 Å². The van der Waals surface area contributed by atoms with Crippen molar-refractivity contribution in [3.05, 3.63) is 64.7 Å². The molecule has 1 aliphatic carbocycles. The number of fused-ring (bicyclic) bond motifs is 1. The van der Waals surface area contributed by atoms with Gasteiger partial charge in [-0.1, -0.05) is 36.1 Å². The van der Waals surface area contributed by atoms with Crippen LogP contribution in [-0.2, 0) is 6.42 Å². The van der Waals surface area contributed by atoms with Crippen LogP contribution in [0.2, 0.25) is 0 Å². The number of aryl methyl sites for hydroxylation is 1. The van der Waals surface area contributed by atoms with Gasteiger partial charge in [0.05, 0.1) is 13.2 Å². The summed E-state index contributed by atoms with van der Waals surface area (Å²) in [5.41, 5.74) is 10.4. The highest BCUT2D eigenvalue weighted by Crippen LogP contribution is 2.35. The quantitative estimate of drug-likeness (QED) is 0.875. The maximum Gasteiger partial charge on any atom is 0.119 e. The molecule has 3 rings (SSSR count). The molecule has 106 valence electrons. The van der Waals surface area contributed by atoms with Crippen molar-refractivity contribution in [2.24, 2.45) is 5.73 Å². The van der Waals surface area contributed by atoms with Crippen LogP contribution < -0.4 is 10.5 Å². The number of hydrogen-bond acceptors (Lipinski definition) is 2. The van der Waals surface area contributed by atoms with Crippen molar-refractivity contribution < 1.29 is 4.74 Å². The maximum absolute atomic E-state index is 5.93. The second kappa shape index (κ2) is 6.03. The third-order valence-electron chi connectivity index (χ3n) is 3.94. The minimum atomic E-state index is 0.388. The number of hydrogen-bond donors (Lipinski definition) is 1. The molecule has 0 heterocycles. The smallest absolute Gasteiger partial charge is 0.119 e. The summed E-state index contributed by atoms with van der Waals surface area (Å²) in [6, 6.07) is 14.6. The van der Waals surface area contributed by atoms with E-state index in [9.17, 15) is 0 Å². The first-order valence-corrected chi connectivity index (χ1v) is 7.28. The zero-order chi connectivity index (χ0) is 14.7. The van der Waals surface area contributed by atoms with Gasteiger partial charge in [0.15, 0.2) is 0 Å².